The molecule has 0 aromatic carbocycles. The molecule has 2 aliphatic rings. The van der Waals surface area contributed by atoms with Crippen LogP contribution in [0, 0.1) is 5.92 Å². The maximum Gasteiger partial charge on any atom is 0.246 e. The van der Waals surface area contributed by atoms with E-state index in [1.54, 1.807) is 0 Å². The van der Waals surface area contributed by atoms with Gasteiger partial charge < -0.3 is 15.4 Å². The molecule has 1 aliphatic heterocycles. The molecular weight excluding hydrogens is 216 g/mol. The van der Waals surface area contributed by atoms with Gasteiger partial charge in [-0.15, -0.1) is 0 Å². The summed E-state index contributed by atoms with van der Waals surface area (Å²) in [6.07, 6.45) is 7.83. The molecule has 0 radical (unpaired) electrons. The molecule has 2 rings (SSSR count). The van der Waals surface area contributed by atoms with E-state index in [0.717, 1.165) is 32.5 Å². The summed E-state index contributed by atoms with van der Waals surface area (Å²) in [4.78, 5) is 11.6. The third-order valence-corrected chi connectivity index (χ3v) is 3.52. The maximum absolute atomic E-state index is 11.6. The summed E-state index contributed by atoms with van der Waals surface area (Å²) in [6, 6.07) is 0. The first kappa shape index (κ1) is 12.6. The molecule has 0 spiro atoms. The average Bonchev–Trinajstić information content (AvgIpc) is 2.33. The van der Waals surface area contributed by atoms with Crippen molar-refractivity contribution in [3.05, 3.63) is 12.2 Å². The van der Waals surface area contributed by atoms with Crippen molar-refractivity contribution >= 4 is 5.91 Å². The zero-order chi connectivity index (χ0) is 12.1. The Labute approximate surface area is 103 Å². The maximum atomic E-state index is 11.6. The van der Waals surface area contributed by atoms with Gasteiger partial charge in [0.15, 0.2) is 0 Å². The minimum atomic E-state index is -0.134. The van der Waals surface area contributed by atoms with Crippen molar-refractivity contribution in [1.82, 2.24) is 10.6 Å². The molecule has 4 nitrogen and oxygen atoms in total. The molecule has 0 aromatic heterocycles. The average molecular weight is 238 g/mol. The lowest BCUT2D eigenvalue weighted by Crippen LogP contribution is -2.59. The predicted octanol–water partition coefficient (Wildman–Crippen LogP) is 0.837. The fourth-order valence-electron chi connectivity index (χ4n) is 2.17. The van der Waals surface area contributed by atoms with Crippen LogP contribution in [0.3, 0.4) is 0 Å². The summed E-state index contributed by atoms with van der Waals surface area (Å²) in [5, 5.41) is 6.10. The third kappa shape index (κ3) is 3.82. The van der Waals surface area contributed by atoms with E-state index in [-0.39, 0.29) is 18.1 Å². The Morgan fingerprint density at radius 2 is 2.35 bits per heavy atom. The molecule has 1 aliphatic carbocycles. The number of hydrogen-bond donors (Lipinski definition) is 2. The molecule has 4 heteroatoms. The van der Waals surface area contributed by atoms with E-state index in [2.05, 4.69) is 22.8 Å². The second-order valence-electron chi connectivity index (χ2n) is 5.30. The Kier molecular flexibility index (Phi) is 4.18. The van der Waals surface area contributed by atoms with Crippen molar-refractivity contribution in [2.24, 2.45) is 5.92 Å². The first-order valence-electron chi connectivity index (χ1n) is 6.44. The summed E-state index contributed by atoms with van der Waals surface area (Å²) >= 11 is 0. The Morgan fingerprint density at radius 1 is 1.53 bits per heavy atom. The van der Waals surface area contributed by atoms with E-state index in [4.69, 9.17) is 4.74 Å². The van der Waals surface area contributed by atoms with Gasteiger partial charge in [-0.3, -0.25) is 4.79 Å². The normalized spacial score (nSPS) is 26.3. The van der Waals surface area contributed by atoms with E-state index in [1.807, 2.05) is 6.92 Å². The highest BCUT2D eigenvalue weighted by atomic mass is 16.5. The van der Waals surface area contributed by atoms with E-state index < -0.39 is 0 Å². The van der Waals surface area contributed by atoms with Crippen LogP contribution < -0.4 is 10.6 Å². The predicted molar refractivity (Wildman–Crippen MR) is 66.7 cm³/mol. The van der Waals surface area contributed by atoms with Crippen molar-refractivity contribution in [3.63, 3.8) is 0 Å². The molecule has 1 saturated heterocycles. The molecule has 0 saturated carbocycles. The van der Waals surface area contributed by atoms with Gasteiger partial charge in [0, 0.05) is 19.6 Å². The molecule has 2 N–H and O–H groups in total. The van der Waals surface area contributed by atoms with Gasteiger partial charge in [-0.05, 0) is 32.1 Å². The van der Waals surface area contributed by atoms with E-state index in [1.165, 1.54) is 6.42 Å². The SMILES string of the molecule is CC1(OCC(=O)NCC2CC=CCC2)CNC1. The molecule has 96 valence electrons. The lowest BCUT2D eigenvalue weighted by Gasteiger charge is -2.38. The molecule has 0 aromatic rings. The number of allylic oxidation sites excluding steroid dienone is 2. The molecule has 17 heavy (non-hydrogen) atoms. The zero-order valence-electron chi connectivity index (χ0n) is 10.5. The number of nitrogens with one attached hydrogen (secondary N) is 2. The van der Waals surface area contributed by atoms with Gasteiger partial charge in [0.1, 0.15) is 6.61 Å². The monoisotopic (exact) mass is 238 g/mol. The number of carbonyl (C=O) groups excluding carboxylic acids is 1. The van der Waals surface area contributed by atoms with Gasteiger partial charge in [0.05, 0.1) is 5.60 Å². The van der Waals surface area contributed by atoms with Crippen molar-refractivity contribution in [3.8, 4) is 0 Å². The Bertz CT molecular complexity index is 298. The minimum Gasteiger partial charge on any atom is -0.363 e. The summed E-state index contributed by atoms with van der Waals surface area (Å²) < 4.78 is 5.58. The quantitative estimate of drug-likeness (QED) is 0.698. The van der Waals surface area contributed by atoms with Crippen molar-refractivity contribution in [1.29, 1.82) is 0 Å². The first-order valence-corrected chi connectivity index (χ1v) is 6.44. The summed E-state index contributed by atoms with van der Waals surface area (Å²) in [6.45, 7) is 4.67. The van der Waals surface area contributed by atoms with Crippen LogP contribution in [0.2, 0.25) is 0 Å². The van der Waals surface area contributed by atoms with Crippen LogP contribution in [0.5, 0.6) is 0 Å². The second-order valence-corrected chi connectivity index (χ2v) is 5.30. The smallest absolute Gasteiger partial charge is 0.246 e. The van der Waals surface area contributed by atoms with Crippen molar-refractivity contribution in [2.75, 3.05) is 26.2 Å². The van der Waals surface area contributed by atoms with Crippen LogP contribution in [0.15, 0.2) is 12.2 Å². The standard InChI is InChI=1S/C13H22N2O2/c1-13(9-14-10-13)17-8-12(16)15-7-11-5-3-2-4-6-11/h2-3,11,14H,4-10H2,1H3,(H,15,16). The number of ether oxygens (including phenoxy) is 1. The van der Waals surface area contributed by atoms with Crippen LogP contribution in [0.4, 0.5) is 0 Å². The van der Waals surface area contributed by atoms with Crippen molar-refractivity contribution in [2.45, 2.75) is 31.8 Å². The lowest BCUT2D eigenvalue weighted by atomic mass is 9.94. The van der Waals surface area contributed by atoms with Gasteiger partial charge >= 0.3 is 0 Å². The largest absolute Gasteiger partial charge is 0.363 e. The molecule has 1 atom stereocenters. The van der Waals surface area contributed by atoms with E-state index >= 15 is 0 Å². The minimum absolute atomic E-state index is 0.00711. The second kappa shape index (κ2) is 5.65. The fourth-order valence-corrected chi connectivity index (χ4v) is 2.17. The van der Waals surface area contributed by atoms with Crippen molar-refractivity contribution < 1.29 is 9.53 Å². The van der Waals surface area contributed by atoms with Crippen LogP contribution in [-0.4, -0.2) is 37.7 Å². The molecule has 1 amide bonds. The Hall–Kier alpha value is -0.870. The van der Waals surface area contributed by atoms with Crippen LogP contribution in [0.1, 0.15) is 26.2 Å². The highest BCUT2D eigenvalue weighted by Crippen LogP contribution is 2.17. The fraction of sp³-hybridized carbons (Fsp3) is 0.769. The van der Waals surface area contributed by atoms with Gasteiger partial charge in [0.25, 0.3) is 0 Å². The van der Waals surface area contributed by atoms with Crippen LogP contribution >= 0.6 is 0 Å². The summed E-state index contributed by atoms with van der Waals surface area (Å²) in [7, 11) is 0. The molecule has 0 bridgehead atoms. The van der Waals surface area contributed by atoms with Gasteiger partial charge in [-0.25, -0.2) is 0 Å². The Balaban J connectivity index is 1.58. The Morgan fingerprint density at radius 3 is 2.94 bits per heavy atom. The van der Waals surface area contributed by atoms with Gasteiger partial charge in [0.2, 0.25) is 5.91 Å². The molecular formula is C13H22N2O2. The van der Waals surface area contributed by atoms with E-state index in [9.17, 15) is 4.79 Å². The summed E-state index contributed by atoms with van der Waals surface area (Å²) in [5.74, 6) is 0.609. The first-order chi connectivity index (χ1) is 8.18. The highest BCUT2D eigenvalue weighted by molar-refractivity contribution is 5.77. The van der Waals surface area contributed by atoms with E-state index in [0.29, 0.717) is 5.92 Å². The van der Waals surface area contributed by atoms with Gasteiger partial charge in [-0.2, -0.15) is 0 Å². The van der Waals surface area contributed by atoms with Crippen LogP contribution in [-0.2, 0) is 9.53 Å². The number of rotatable bonds is 5. The number of amides is 1. The number of hydrogen-bond acceptors (Lipinski definition) is 3. The molecule has 1 heterocycles. The topological polar surface area (TPSA) is 50.4 Å². The van der Waals surface area contributed by atoms with Crippen LogP contribution in [0.25, 0.3) is 0 Å². The third-order valence-electron chi connectivity index (χ3n) is 3.52. The summed E-state index contributed by atoms with van der Waals surface area (Å²) in [5.41, 5.74) is -0.134. The highest BCUT2D eigenvalue weighted by Gasteiger charge is 2.32. The molecule has 1 fully saturated rings. The lowest BCUT2D eigenvalue weighted by molar-refractivity contribution is -0.136. The van der Waals surface area contributed by atoms with Gasteiger partial charge in [-0.1, -0.05) is 12.2 Å². The molecule has 1 unspecified atom stereocenters. The zero-order valence-corrected chi connectivity index (χ0v) is 10.5. The number of carbonyl (C=O) groups is 1.